The second kappa shape index (κ2) is 7.10. The van der Waals surface area contributed by atoms with Crippen LogP contribution in [0, 0.1) is 13.8 Å². The lowest BCUT2D eigenvalue weighted by Gasteiger charge is -2.15. The Kier molecular flexibility index (Phi) is 5.43. The van der Waals surface area contributed by atoms with E-state index in [4.69, 9.17) is 10.5 Å². The Hall–Kier alpha value is -1.32. The van der Waals surface area contributed by atoms with Gasteiger partial charge in [-0.05, 0) is 71.4 Å². The molecule has 1 unspecified atom stereocenters. The number of rotatable bonds is 5. The predicted octanol–water partition coefficient (Wildman–Crippen LogP) is 4.53. The summed E-state index contributed by atoms with van der Waals surface area (Å²) in [4.78, 5) is 0. The SMILES string of the molecule is Cc1ccc(COc2c(Br)cccc2CC(C)N)cc1C. The molecule has 0 amide bonds. The lowest BCUT2D eigenvalue weighted by atomic mass is 10.1. The first kappa shape index (κ1) is 16.1. The van der Waals surface area contributed by atoms with E-state index < -0.39 is 0 Å². The number of hydrogen-bond donors (Lipinski definition) is 1. The Morgan fingerprint density at radius 2 is 1.90 bits per heavy atom. The lowest BCUT2D eigenvalue weighted by molar-refractivity contribution is 0.300. The maximum atomic E-state index is 6.05. The summed E-state index contributed by atoms with van der Waals surface area (Å²) in [5, 5.41) is 0. The Labute approximate surface area is 135 Å². The highest BCUT2D eigenvalue weighted by Gasteiger charge is 2.10. The predicted molar refractivity (Wildman–Crippen MR) is 91.7 cm³/mol. The minimum absolute atomic E-state index is 0.114. The summed E-state index contributed by atoms with van der Waals surface area (Å²) in [5.41, 5.74) is 10.8. The van der Waals surface area contributed by atoms with Gasteiger partial charge in [0.2, 0.25) is 0 Å². The number of halogens is 1. The molecule has 2 aromatic rings. The van der Waals surface area contributed by atoms with Crippen LogP contribution in [0.3, 0.4) is 0 Å². The molecule has 3 heteroatoms. The van der Waals surface area contributed by atoms with Gasteiger partial charge in [-0.15, -0.1) is 0 Å². The topological polar surface area (TPSA) is 35.2 Å². The highest BCUT2D eigenvalue weighted by atomic mass is 79.9. The van der Waals surface area contributed by atoms with Crippen molar-refractivity contribution < 1.29 is 4.74 Å². The summed E-state index contributed by atoms with van der Waals surface area (Å²) in [6, 6.07) is 12.6. The summed E-state index contributed by atoms with van der Waals surface area (Å²) in [6.45, 7) is 6.82. The summed E-state index contributed by atoms with van der Waals surface area (Å²) in [7, 11) is 0. The minimum atomic E-state index is 0.114. The zero-order chi connectivity index (χ0) is 15.4. The van der Waals surface area contributed by atoms with Crippen molar-refractivity contribution in [1.29, 1.82) is 0 Å². The van der Waals surface area contributed by atoms with Crippen molar-refractivity contribution in [2.75, 3.05) is 0 Å². The van der Waals surface area contributed by atoms with Gasteiger partial charge in [-0.3, -0.25) is 0 Å². The van der Waals surface area contributed by atoms with Gasteiger partial charge in [0, 0.05) is 6.04 Å². The number of hydrogen-bond acceptors (Lipinski definition) is 2. The van der Waals surface area contributed by atoms with Crippen LogP contribution in [0.2, 0.25) is 0 Å². The number of ether oxygens (including phenoxy) is 1. The first-order chi connectivity index (χ1) is 9.97. The van der Waals surface area contributed by atoms with Crippen molar-refractivity contribution in [3.8, 4) is 5.75 Å². The molecule has 0 bridgehead atoms. The first-order valence-electron chi connectivity index (χ1n) is 7.19. The molecule has 0 spiro atoms. The minimum Gasteiger partial charge on any atom is -0.487 e. The zero-order valence-corrected chi connectivity index (χ0v) is 14.4. The molecule has 0 aromatic heterocycles. The summed E-state index contributed by atoms with van der Waals surface area (Å²) in [5.74, 6) is 0.896. The van der Waals surface area contributed by atoms with Crippen LogP contribution in [0.5, 0.6) is 5.75 Å². The summed E-state index contributed by atoms with van der Waals surface area (Å²) in [6.07, 6.45) is 0.807. The molecule has 0 aliphatic heterocycles. The van der Waals surface area contributed by atoms with E-state index in [-0.39, 0.29) is 6.04 Å². The highest BCUT2D eigenvalue weighted by Crippen LogP contribution is 2.30. The standard InChI is InChI=1S/C18H22BrNO/c1-12-7-8-15(9-13(12)2)11-21-18-16(10-14(3)20)5-4-6-17(18)19/h4-9,14H,10-11,20H2,1-3H3. The molecular weight excluding hydrogens is 326 g/mol. The van der Waals surface area contributed by atoms with E-state index in [1.807, 2.05) is 19.1 Å². The number of para-hydroxylation sites is 1. The summed E-state index contributed by atoms with van der Waals surface area (Å²) < 4.78 is 7.02. The normalized spacial score (nSPS) is 12.2. The van der Waals surface area contributed by atoms with Gasteiger partial charge in [0.1, 0.15) is 12.4 Å². The fourth-order valence-electron chi connectivity index (χ4n) is 2.27. The molecule has 0 saturated heterocycles. The first-order valence-corrected chi connectivity index (χ1v) is 7.98. The van der Waals surface area contributed by atoms with E-state index in [9.17, 15) is 0 Å². The van der Waals surface area contributed by atoms with Gasteiger partial charge in [-0.1, -0.05) is 30.3 Å². The molecule has 21 heavy (non-hydrogen) atoms. The van der Waals surface area contributed by atoms with E-state index in [1.165, 1.54) is 16.7 Å². The van der Waals surface area contributed by atoms with Crippen molar-refractivity contribution in [3.63, 3.8) is 0 Å². The molecule has 2 aromatic carbocycles. The third kappa shape index (κ3) is 4.32. The van der Waals surface area contributed by atoms with Crippen LogP contribution in [0.4, 0.5) is 0 Å². The van der Waals surface area contributed by atoms with Gasteiger partial charge >= 0.3 is 0 Å². The Morgan fingerprint density at radius 1 is 1.14 bits per heavy atom. The van der Waals surface area contributed by atoms with E-state index in [1.54, 1.807) is 0 Å². The van der Waals surface area contributed by atoms with Gasteiger partial charge in [0.05, 0.1) is 4.47 Å². The van der Waals surface area contributed by atoms with Crippen LogP contribution in [-0.2, 0) is 13.0 Å². The van der Waals surface area contributed by atoms with E-state index >= 15 is 0 Å². The van der Waals surface area contributed by atoms with Crippen molar-refractivity contribution in [2.45, 2.75) is 39.8 Å². The third-order valence-corrected chi connectivity index (χ3v) is 4.17. The molecule has 0 fully saturated rings. The van der Waals surface area contributed by atoms with Gasteiger partial charge < -0.3 is 10.5 Å². The second-order valence-electron chi connectivity index (χ2n) is 5.62. The number of aryl methyl sites for hydroxylation is 2. The molecular formula is C18H22BrNO. The Bertz CT molecular complexity index is 623. The highest BCUT2D eigenvalue weighted by molar-refractivity contribution is 9.10. The van der Waals surface area contributed by atoms with Crippen molar-refractivity contribution in [2.24, 2.45) is 5.73 Å². The average molecular weight is 348 g/mol. The maximum absolute atomic E-state index is 6.05. The third-order valence-electron chi connectivity index (χ3n) is 3.54. The zero-order valence-electron chi connectivity index (χ0n) is 12.8. The van der Waals surface area contributed by atoms with Crippen LogP contribution >= 0.6 is 15.9 Å². The molecule has 2 N–H and O–H groups in total. The Morgan fingerprint density at radius 3 is 2.57 bits per heavy atom. The van der Waals surface area contributed by atoms with Crippen LogP contribution in [0.1, 0.15) is 29.2 Å². The average Bonchev–Trinajstić information content (AvgIpc) is 2.41. The smallest absolute Gasteiger partial charge is 0.137 e. The van der Waals surface area contributed by atoms with Crippen LogP contribution in [0.15, 0.2) is 40.9 Å². The van der Waals surface area contributed by atoms with Crippen LogP contribution < -0.4 is 10.5 Å². The lowest BCUT2D eigenvalue weighted by Crippen LogP contribution is -2.18. The van der Waals surface area contributed by atoms with Crippen LogP contribution in [-0.4, -0.2) is 6.04 Å². The van der Waals surface area contributed by atoms with Crippen molar-refractivity contribution >= 4 is 15.9 Å². The fraction of sp³-hybridized carbons (Fsp3) is 0.333. The van der Waals surface area contributed by atoms with Crippen molar-refractivity contribution in [1.82, 2.24) is 0 Å². The van der Waals surface area contributed by atoms with Gasteiger partial charge in [-0.2, -0.15) is 0 Å². The number of benzene rings is 2. The molecule has 1 atom stereocenters. The molecule has 0 radical (unpaired) electrons. The quantitative estimate of drug-likeness (QED) is 0.861. The molecule has 112 valence electrons. The van der Waals surface area contributed by atoms with E-state index in [0.717, 1.165) is 22.2 Å². The molecule has 0 saturated carbocycles. The van der Waals surface area contributed by atoms with E-state index in [0.29, 0.717) is 6.61 Å². The molecule has 0 heterocycles. The Balaban J connectivity index is 2.17. The second-order valence-corrected chi connectivity index (χ2v) is 6.47. The van der Waals surface area contributed by atoms with Gasteiger partial charge in [-0.25, -0.2) is 0 Å². The van der Waals surface area contributed by atoms with Crippen LogP contribution in [0.25, 0.3) is 0 Å². The maximum Gasteiger partial charge on any atom is 0.137 e. The van der Waals surface area contributed by atoms with Gasteiger partial charge in [0.15, 0.2) is 0 Å². The fourth-order valence-corrected chi connectivity index (χ4v) is 2.79. The molecule has 0 aliphatic carbocycles. The molecule has 2 nitrogen and oxygen atoms in total. The summed E-state index contributed by atoms with van der Waals surface area (Å²) >= 11 is 3.57. The largest absolute Gasteiger partial charge is 0.487 e. The van der Waals surface area contributed by atoms with Gasteiger partial charge in [0.25, 0.3) is 0 Å². The monoisotopic (exact) mass is 347 g/mol. The van der Waals surface area contributed by atoms with E-state index in [2.05, 4.69) is 54.0 Å². The molecule has 2 rings (SSSR count). The van der Waals surface area contributed by atoms with Crippen molar-refractivity contribution in [3.05, 3.63) is 63.1 Å². The molecule has 0 aliphatic rings. The number of nitrogens with two attached hydrogens (primary N) is 1.